The zero-order valence-corrected chi connectivity index (χ0v) is 15.2. The van der Waals surface area contributed by atoms with Crippen LogP contribution in [-0.2, 0) is 6.61 Å². The number of nitrogens with one attached hydrogen (secondary N) is 1. The molecule has 3 heteroatoms. The lowest BCUT2D eigenvalue weighted by Crippen LogP contribution is -1.94. The quantitative estimate of drug-likeness (QED) is 0.465. The summed E-state index contributed by atoms with van der Waals surface area (Å²) < 4.78 is 11.3. The molecule has 0 aliphatic heterocycles. The molecule has 0 radical (unpaired) electrons. The van der Waals surface area contributed by atoms with Crippen LogP contribution in [0.4, 0.5) is 0 Å². The molecule has 4 rings (SSSR count). The van der Waals surface area contributed by atoms with Crippen molar-refractivity contribution in [2.24, 2.45) is 0 Å². The van der Waals surface area contributed by atoms with E-state index in [4.69, 9.17) is 9.47 Å². The van der Waals surface area contributed by atoms with Crippen molar-refractivity contribution in [3.8, 4) is 11.5 Å². The molecule has 4 aromatic rings. The van der Waals surface area contributed by atoms with Crippen LogP contribution in [0.15, 0.2) is 78.9 Å². The van der Waals surface area contributed by atoms with Crippen molar-refractivity contribution in [2.75, 3.05) is 7.11 Å². The van der Waals surface area contributed by atoms with E-state index in [0.29, 0.717) is 6.61 Å². The molecule has 0 spiro atoms. The van der Waals surface area contributed by atoms with E-state index in [1.807, 2.05) is 48.5 Å². The number of fused-ring (bicyclic) bond motifs is 1. The Balaban J connectivity index is 1.51. The van der Waals surface area contributed by atoms with E-state index in [9.17, 15) is 0 Å². The molecular weight excluding hydrogens is 334 g/mol. The number of H-pyrrole nitrogens is 1. The third-order valence-corrected chi connectivity index (χ3v) is 4.44. The second-order valence-corrected chi connectivity index (χ2v) is 6.32. The van der Waals surface area contributed by atoms with Gasteiger partial charge in [-0.2, -0.15) is 0 Å². The molecule has 0 bridgehead atoms. The smallest absolute Gasteiger partial charge is 0.126 e. The number of hydrogen-bond acceptors (Lipinski definition) is 2. The van der Waals surface area contributed by atoms with Gasteiger partial charge in [0.15, 0.2) is 0 Å². The lowest BCUT2D eigenvalue weighted by Gasteiger charge is -2.06. The van der Waals surface area contributed by atoms with E-state index in [1.165, 1.54) is 0 Å². The van der Waals surface area contributed by atoms with Crippen LogP contribution in [-0.4, -0.2) is 12.1 Å². The fourth-order valence-electron chi connectivity index (χ4n) is 3.04. The number of hydrogen-bond donors (Lipinski definition) is 1. The predicted molar refractivity (Wildman–Crippen MR) is 111 cm³/mol. The van der Waals surface area contributed by atoms with Crippen LogP contribution in [0.1, 0.15) is 16.8 Å². The van der Waals surface area contributed by atoms with Crippen LogP contribution in [0.3, 0.4) is 0 Å². The SMILES string of the molecule is COc1ccccc1/C=C/c1cc2cc(OCc3ccccc3)ccc2[nH]1. The number of aromatic amines is 1. The zero-order valence-electron chi connectivity index (χ0n) is 15.2. The summed E-state index contributed by atoms with van der Waals surface area (Å²) in [5.41, 5.74) is 4.33. The van der Waals surface area contributed by atoms with Gasteiger partial charge >= 0.3 is 0 Å². The normalized spacial score (nSPS) is 11.1. The number of para-hydroxylation sites is 1. The molecule has 0 atom stereocenters. The topological polar surface area (TPSA) is 34.2 Å². The van der Waals surface area contributed by atoms with E-state index in [1.54, 1.807) is 7.11 Å². The molecule has 1 N–H and O–H groups in total. The Labute approximate surface area is 158 Å². The summed E-state index contributed by atoms with van der Waals surface area (Å²) in [5, 5.41) is 1.13. The van der Waals surface area contributed by atoms with E-state index in [-0.39, 0.29) is 0 Å². The Bertz CT molecular complexity index is 1060. The number of ether oxygens (including phenoxy) is 2. The molecule has 0 aliphatic rings. The Morgan fingerprint density at radius 3 is 2.52 bits per heavy atom. The molecule has 1 heterocycles. The molecule has 0 fully saturated rings. The average Bonchev–Trinajstić information content (AvgIpc) is 3.14. The van der Waals surface area contributed by atoms with Gasteiger partial charge in [0.25, 0.3) is 0 Å². The van der Waals surface area contributed by atoms with Gasteiger partial charge in [-0.25, -0.2) is 0 Å². The second-order valence-electron chi connectivity index (χ2n) is 6.32. The molecule has 0 saturated carbocycles. The molecule has 0 saturated heterocycles. The molecule has 3 nitrogen and oxygen atoms in total. The van der Waals surface area contributed by atoms with Crippen LogP contribution in [0.5, 0.6) is 11.5 Å². The molecule has 0 unspecified atom stereocenters. The monoisotopic (exact) mass is 355 g/mol. The first kappa shape index (κ1) is 17.0. The first-order valence-corrected chi connectivity index (χ1v) is 8.92. The minimum Gasteiger partial charge on any atom is -0.496 e. The molecule has 0 amide bonds. The summed E-state index contributed by atoms with van der Waals surface area (Å²) in [6.45, 7) is 0.567. The zero-order chi connectivity index (χ0) is 18.5. The van der Waals surface area contributed by atoms with E-state index >= 15 is 0 Å². The maximum absolute atomic E-state index is 5.92. The van der Waals surface area contributed by atoms with Gasteiger partial charge in [0.2, 0.25) is 0 Å². The summed E-state index contributed by atoms with van der Waals surface area (Å²) in [6.07, 6.45) is 4.11. The molecule has 134 valence electrons. The average molecular weight is 355 g/mol. The van der Waals surface area contributed by atoms with Crippen LogP contribution < -0.4 is 9.47 Å². The number of rotatable bonds is 6. The highest BCUT2D eigenvalue weighted by Gasteiger charge is 2.03. The first-order valence-electron chi connectivity index (χ1n) is 8.92. The van der Waals surface area contributed by atoms with Crippen molar-refractivity contribution in [2.45, 2.75) is 6.61 Å². The summed E-state index contributed by atoms with van der Waals surface area (Å²) in [6, 6.07) is 26.4. The molecule has 3 aromatic carbocycles. The molecular formula is C24H21NO2. The highest BCUT2D eigenvalue weighted by molar-refractivity contribution is 5.85. The van der Waals surface area contributed by atoms with Crippen molar-refractivity contribution >= 4 is 23.1 Å². The Morgan fingerprint density at radius 2 is 1.67 bits per heavy atom. The third-order valence-electron chi connectivity index (χ3n) is 4.44. The second kappa shape index (κ2) is 7.83. The minimum absolute atomic E-state index is 0.567. The lowest BCUT2D eigenvalue weighted by atomic mass is 10.1. The Hall–Kier alpha value is -3.46. The van der Waals surface area contributed by atoms with Crippen molar-refractivity contribution in [3.63, 3.8) is 0 Å². The maximum Gasteiger partial charge on any atom is 0.126 e. The van der Waals surface area contributed by atoms with Crippen molar-refractivity contribution < 1.29 is 9.47 Å². The van der Waals surface area contributed by atoms with Crippen molar-refractivity contribution in [1.82, 2.24) is 4.98 Å². The van der Waals surface area contributed by atoms with Crippen molar-refractivity contribution in [1.29, 1.82) is 0 Å². The van der Waals surface area contributed by atoms with E-state index in [2.05, 4.69) is 47.5 Å². The highest BCUT2D eigenvalue weighted by atomic mass is 16.5. The fourth-order valence-corrected chi connectivity index (χ4v) is 3.04. The number of methoxy groups -OCH3 is 1. The van der Waals surface area contributed by atoms with Crippen LogP contribution in [0.25, 0.3) is 23.1 Å². The van der Waals surface area contributed by atoms with Gasteiger partial charge in [-0.15, -0.1) is 0 Å². The lowest BCUT2D eigenvalue weighted by molar-refractivity contribution is 0.306. The highest BCUT2D eigenvalue weighted by Crippen LogP contribution is 2.24. The van der Waals surface area contributed by atoms with Gasteiger partial charge < -0.3 is 14.5 Å². The van der Waals surface area contributed by atoms with Gasteiger partial charge in [0.1, 0.15) is 18.1 Å². The molecule has 27 heavy (non-hydrogen) atoms. The summed E-state index contributed by atoms with van der Waals surface area (Å²) in [7, 11) is 1.69. The molecule has 0 aliphatic carbocycles. The van der Waals surface area contributed by atoms with Crippen LogP contribution in [0, 0.1) is 0 Å². The van der Waals surface area contributed by atoms with Crippen LogP contribution in [0.2, 0.25) is 0 Å². The van der Waals surface area contributed by atoms with E-state index < -0.39 is 0 Å². The van der Waals surface area contributed by atoms with Gasteiger partial charge in [-0.3, -0.25) is 0 Å². The minimum atomic E-state index is 0.567. The van der Waals surface area contributed by atoms with Gasteiger partial charge in [0, 0.05) is 22.2 Å². The van der Waals surface area contributed by atoms with Crippen molar-refractivity contribution in [3.05, 3.63) is 95.7 Å². The maximum atomic E-state index is 5.92. The third kappa shape index (κ3) is 4.04. The van der Waals surface area contributed by atoms with Gasteiger partial charge in [0.05, 0.1) is 7.11 Å². The first-order chi connectivity index (χ1) is 13.3. The summed E-state index contributed by atoms with van der Waals surface area (Å²) in [4.78, 5) is 3.42. The Morgan fingerprint density at radius 1 is 0.852 bits per heavy atom. The fraction of sp³-hybridized carbons (Fsp3) is 0.0833. The molecule has 1 aromatic heterocycles. The standard InChI is InChI=1S/C24H21NO2/c1-26-24-10-6-5-9-19(24)11-12-21-15-20-16-22(13-14-23(20)25-21)27-17-18-7-3-2-4-8-18/h2-16,25H,17H2,1H3/b12-11+. The van der Waals surface area contributed by atoms with Gasteiger partial charge in [-0.1, -0.05) is 48.5 Å². The predicted octanol–water partition coefficient (Wildman–Crippen LogP) is 5.93. The van der Waals surface area contributed by atoms with E-state index in [0.717, 1.165) is 39.2 Å². The van der Waals surface area contributed by atoms with Gasteiger partial charge in [-0.05, 0) is 48.0 Å². The Kier molecular flexibility index (Phi) is 4.93. The number of aromatic nitrogens is 1. The number of benzene rings is 3. The summed E-state index contributed by atoms with van der Waals surface area (Å²) in [5.74, 6) is 1.73. The largest absolute Gasteiger partial charge is 0.496 e. The van der Waals surface area contributed by atoms with Crippen LogP contribution >= 0.6 is 0 Å². The summed E-state index contributed by atoms with van der Waals surface area (Å²) >= 11 is 0.